The van der Waals surface area contributed by atoms with E-state index in [9.17, 15) is 38.4 Å². The van der Waals surface area contributed by atoms with Crippen LogP contribution in [0.3, 0.4) is 0 Å². The van der Waals surface area contributed by atoms with Crippen molar-refractivity contribution >= 4 is 82.7 Å². The number of benzene rings is 5. The predicted molar refractivity (Wildman–Crippen MR) is 312 cm³/mol. The van der Waals surface area contributed by atoms with E-state index in [0.29, 0.717) is 94.3 Å². The smallest absolute Gasteiger partial charge is 0.260 e. The van der Waals surface area contributed by atoms with Crippen LogP contribution in [-0.4, -0.2) is 133 Å². The lowest BCUT2D eigenvalue weighted by molar-refractivity contribution is -0.128. The van der Waals surface area contributed by atoms with Crippen molar-refractivity contribution in [3.63, 3.8) is 0 Å². The van der Waals surface area contributed by atoms with E-state index >= 15 is 0 Å². The van der Waals surface area contributed by atoms with Crippen LogP contribution in [0.2, 0.25) is 0 Å². The maximum atomic E-state index is 14.0. The number of aliphatic imine (C=N–C) groups is 1. The summed E-state index contributed by atoms with van der Waals surface area (Å²) in [5.41, 5.74) is 7.37. The van der Waals surface area contributed by atoms with Crippen molar-refractivity contribution in [1.82, 2.24) is 20.9 Å². The molecule has 7 rings (SSSR count). The molecule has 2 atom stereocenters. The summed E-state index contributed by atoms with van der Waals surface area (Å²) in [7, 11) is 8.21. The van der Waals surface area contributed by atoms with E-state index in [4.69, 9.17) is 23.9 Å². The van der Waals surface area contributed by atoms with Gasteiger partial charge in [-0.05, 0) is 103 Å². The Kier molecular flexibility index (Phi) is 21.3. The Bertz CT molecular complexity index is 3230. The van der Waals surface area contributed by atoms with Gasteiger partial charge in [-0.25, -0.2) is 0 Å². The lowest BCUT2D eigenvalue weighted by atomic mass is 10.1. The van der Waals surface area contributed by atoms with Gasteiger partial charge in [0.25, 0.3) is 5.91 Å². The van der Waals surface area contributed by atoms with Gasteiger partial charge in [0.2, 0.25) is 29.5 Å². The first kappa shape index (κ1) is 60.1. The molecule has 0 fully saturated rings. The van der Waals surface area contributed by atoms with Crippen LogP contribution in [0.1, 0.15) is 75.6 Å². The SMILES string of the molecule is CNc1cc(OCc2cc(COc3cc(N=CC4Cc5ccccc5N4C)c(C=O)cc3OC)cc(NC(=O)C(C)NC(=O)CNC(=O)CCCCC(=O)NCCN(C)C(=O)/C=C\C=O)c2)c(OC)cc1C(=O)N1CCc2ccccc21. The standard InChI is InChI=1S/C61H69N9O12/c1-39(66-58(75)35-65-57(74)19-12-11-18-56(73)63-22-24-68(3)59(76)20-13-25-71)60(77)67-45-27-40(37-81-54-32-48(44(36-72)30-52(54)79-5)64-34-46-29-43-15-8-9-16-50(43)69(46)4)26-41(28-45)38-82-55-33-49(62-2)47(31-53(55)80-6)61(78)70-23-21-42-14-7-10-17-51(42)70/h7-10,13-17,20,25-28,30-34,36,39,46,62H,11-12,18-19,21-24,29,35,37-38H2,1-6H3,(H,63,73)(H,65,74)(H,66,75)(H,67,77)/b20-13-,64-34?. The van der Waals surface area contributed by atoms with Crippen molar-refractivity contribution in [2.45, 2.75) is 70.7 Å². The lowest BCUT2D eigenvalue weighted by Crippen LogP contribution is -2.45. The maximum absolute atomic E-state index is 14.0. The van der Waals surface area contributed by atoms with E-state index in [1.807, 2.05) is 55.7 Å². The van der Waals surface area contributed by atoms with Gasteiger partial charge in [0.15, 0.2) is 29.3 Å². The molecule has 82 heavy (non-hydrogen) atoms. The molecule has 5 aromatic rings. The number of nitrogens with one attached hydrogen (secondary N) is 5. The molecule has 5 aromatic carbocycles. The van der Waals surface area contributed by atoms with E-state index in [1.54, 1.807) is 55.4 Å². The van der Waals surface area contributed by atoms with Gasteiger partial charge in [0, 0.05) is 101 Å². The van der Waals surface area contributed by atoms with E-state index in [0.717, 1.165) is 41.9 Å². The number of para-hydroxylation sites is 2. The van der Waals surface area contributed by atoms with E-state index < -0.39 is 30.3 Å². The number of hydrogen-bond donors (Lipinski definition) is 5. The van der Waals surface area contributed by atoms with Gasteiger partial charge >= 0.3 is 0 Å². The molecule has 21 nitrogen and oxygen atoms in total. The largest absolute Gasteiger partial charge is 0.493 e. The highest BCUT2D eigenvalue weighted by Gasteiger charge is 2.29. The van der Waals surface area contributed by atoms with Gasteiger partial charge in [0.1, 0.15) is 25.5 Å². The van der Waals surface area contributed by atoms with Crippen LogP contribution < -0.4 is 55.3 Å². The number of aldehydes is 2. The van der Waals surface area contributed by atoms with Gasteiger partial charge in [-0.2, -0.15) is 0 Å². The molecule has 2 aliphatic heterocycles. The number of allylic oxidation sites excluding steroid dienone is 1. The molecule has 0 spiro atoms. The Balaban J connectivity index is 1.01. The first-order valence-corrected chi connectivity index (χ1v) is 26.8. The molecule has 6 amide bonds. The molecule has 0 radical (unpaired) electrons. The maximum Gasteiger partial charge on any atom is 0.260 e. The molecule has 21 heteroatoms. The second-order valence-electron chi connectivity index (χ2n) is 19.6. The zero-order valence-electron chi connectivity index (χ0n) is 46.9. The van der Waals surface area contributed by atoms with Crippen molar-refractivity contribution < 1.29 is 57.3 Å². The van der Waals surface area contributed by atoms with Gasteiger partial charge in [-0.15, -0.1) is 0 Å². The van der Waals surface area contributed by atoms with Crippen LogP contribution in [0.4, 0.5) is 28.4 Å². The Hall–Kier alpha value is -9.53. The van der Waals surface area contributed by atoms with Crippen molar-refractivity contribution in [2.75, 3.05) is 82.0 Å². The molecule has 0 aromatic heterocycles. The zero-order chi connectivity index (χ0) is 58.7. The molecular weight excluding hydrogens is 1050 g/mol. The Morgan fingerprint density at radius 2 is 1.43 bits per heavy atom. The molecule has 5 N–H and O–H groups in total. The van der Waals surface area contributed by atoms with Crippen LogP contribution in [0.15, 0.2) is 108 Å². The highest BCUT2D eigenvalue weighted by Crippen LogP contribution is 2.39. The number of fused-ring (bicyclic) bond motifs is 2. The van der Waals surface area contributed by atoms with Crippen molar-refractivity contribution in [3.05, 3.63) is 137 Å². The van der Waals surface area contributed by atoms with E-state index in [2.05, 4.69) is 43.6 Å². The number of carbonyl (C=O) groups is 8. The van der Waals surface area contributed by atoms with E-state index in [-0.39, 0.29) is 62.9 Å². The fourth-order valence-corrected chi connectivity index (χ4v) is 9.42. The van der Waals surface area contributed by atoms with Crippen molar-refractivity contribution in [2.24, 2.45) is 4.99 Å². The molecule has 0 saturated heterocycles. The summed E-state index contributed by atoms with van der Waals surface area (Å²) in [4.78, 5) is 110. The fraction of sp³-hybridized carbons (Fsp3) is 0.328. The highest BCUT2D eigenvalue weighted by atomic mass is 16.5. The van der Waals surface area contributed by atoms with E-state index in [1.165, 1.54) is 31.6 Å². The average Bonchev–Trinajstić information content (AvgIpc) is 4.18. The van der Waals surface area contributed by atoms with Gasteiger partial charge in [-0.1, -0.05) is 36.4 Å². The normalized spacial score (nSPS) is 13.6. The topological polar surface area (TPSA) is 256 Å². The molecule has 0 bridgehead atoms. The number of rotatable bonds is 28. The molecule has 2 heterocycles. The average molecular weight is 1120 g/mol. The van der Waals surface area contributed by atoms with Crippen molar-refractivity contribution in [1.29, 1.82) is 0 Å². The summed E-state index contributed by atoms with van der Waals surface area (Å²) in [6, 6.07) is 26.6. The van der Waals surface area contributed by atoms with Crippen LogP contribution in [-0.2, 0) is 54.8 Å². The van der Waals surface area contributed by atoms with Crippen LogP contribution in [0, 0.1) is 0 Å². The molecule has 2 unspecified atom stereocenters. The van der Waals surface area contributed by atoms with Crippen LogP contribution >= 0.6 is 0 Å². The first-order valence-electron chi connectivity index (χ1n) is 26.8. The quantitative estimate of drug-likeness (QED) is 0.0164. The molecule has 430 valence electrons. The number of carbonyl (C=O) groups excluding carboxylic acids is 8. The first-order chi connectivity index (χ1) is 39.6. The summed E-state index contributed by atoms with van der Waals surface area (Å²) in [5.74, 6) is -1.15. The van der Waals surface area contributed by atoms with Crippen LogP contribution in [0.25, 0.3) is 0 Å². The molecule has 0 aliphatic carbocycles. The third-order valence-electron chi connectivity index (χ3n) is 13.9. The number of likely N-dealkylation sites (N-methyl/N-ethyl adjacent to an activating group) is 2. The number of methoxy groups -OCH3 is 2. The summed E-state index contributed by atoms with van der Waals surface area (Å²) >= 11 is 0. The third kappa shape index (κ3) is 15.9. The zero-order valence-corrected chi connectivity index (χ0v) is 46.9. The minimum absolute atomic E-state index is 0.0396. The Morgan fingerprint density at radius 3 is 2.09 bits per heavy atom. The second kappa shape index (κ2) is 29.1. The monoisotopic (exact) mass is 1120 g/mol. The Labute approximate surface area is 476 Å². The van der Waals surface area contributed by atoms with Gasteiger partial charge in [0.05, 0.1) is 43.7 Å². The highest BCUT2D eigenvalue weighted by molar-refractivity contribution is 6.11. The Morgan fingerprint density at radius 1 is 0.780 bits per heavy atom. The number of amides is 6. The number of anilines is 4. The van der Waals surface area contributed by atoms with Crippen molar-refractivity contribution in [3.8, 4) is 23.0 Å². The fourth-order valence-electron chi connectivity index (χ4n) is 9.42. The summed E-state index contributed by atoms with van der Waals surface area (Å²) < 4.78 is 24.2. The summed E-state index contributed by atoms with van der Waals surface area (Å²) in [6.07, 6.45) is 7.74. The lowest BCUT2D eigenvalue weighted by Gasteiger charge is -2.21. The number of nitrogens with zero attached hydrogens (tertiary/aromatic N) is 4. The molecular formula is C61H69N9O12. The summed E-state index contributed by atoms with van der Waals surface area (Å²) in [6.45, 7) is 2.01. The summed E-state index contributed by atoms with van der Waals surface area (Å²) in [5, 5.41) is 13.9. The number of ether oxygens (including phenoxy) is 4. The minimum atomic E-state index is -1.05. The number of unbranched alkanes of at least 4 members (excludes halogenated alkanes) is 1. The molecule has 2 aliphatic rings. The second-order valence-corrected chi connectivity index (χ2v) is 19.6. The number of hydrogen-bond acceptors (Lipinski definition) is 15. The molecule has 0 saturated carbocycles. The predicted octanol–water partition coefficient (Wildman–Crippen LogP) is 6.13. The van der Waals surface area contributed by atoms with Gasteiger partial charge < -0.3 is 60.2 Å². The third-order valence-corrected chi connectivity index (χ3v) is 13.9. The van der Waals surface area contributed by atoms with Gasteiger partial charge in [-0.3, -0.25) is 43.3 Å². The minimum Gasteiger partial charge on any atom is -0.493 e. The van der Waals surface area contributed by atoms with Crippen LogP contribution in [0.5, 0.6) is 23.0 Å².